The van der Waals surface area contributed by atoms with Crippen molar-refractivity contribution in [3.63, 3.8) is 0 Å². The van der Waals surface area contributed by atoms with Crippen LogP contribution in [-0.4, -0.2) is 55.1 Å². The van der Waals surface area contributed by atoms with Crippen LogP contribution in [-0.2, 0) is 4.79 Å². The Kier molecular flexibility index (Phi) is 8.17. The summed E-state index contributed by atoms with van der Waals surface area (Å²) in [4.78, 5) is 28.5. The topological polar surface area (TPSA) is 73.9 Å². The third kappa shape index (κ3) is 5.62. The monoisotopic (exact) mass is 494 g/mol. The standard InChI is InChI=1S/C22H24Cl2N4O3S/c1-3-19(29)27-9-11-28(12-10-27)20-15(23)5-4-6-17(20)25-22(32)26-21(30)14-7-8-18(31-2)16(24)13-14/h4-8,13H,3,9-12H2,1-2H3,(H2,25,26,30,32). The molecule has 10 heteroatoms. The Morgan fingerprint density at radius 3 is 2.44 bits per heavy atom. The summed E-state index contributed by atoms with van der Waals surface area (Å²) >= 11 is 18.0. The molecule has 0 unspecified atom stereocenters. The molecule has 0 atom stereocenters. The number of benzene rings is 2. The fourth-order valence-electron chi connectivity index (χ4n) is 3.48. The number of ether oxygens (including phenoxy) is 1. The lowest BCUT2D eigenvalue weighted by Crippen LogP contribution is -2.49. The third-order valence-corrected chi connectivity index (χ3v) is 5.93. The van der Waals surface area contributed by atoms with Crippen molar-refractivity contribution in [3.8, 4) is 5.75 Å². The fourth-order valence-corrected chi connectivity index (χ4v) is 4.23. The van der Waals surface area contributed by atoms with Gasteiger partial charge >= 0.3 is 0 Å². The molecule has 0 spiro atoms. The molecule has 1 heterocycles. The summed E-state index contributed by atoms with van der Waals surface area (Å²) in [5.41, 5.74) is 1.80. The molecular formula is C22H24Cl2N4O3S. The van der Waals surface area contributed by atoms with Crippen LogP contribution in [0.5, 0.6) is 5.75 Å². The first-order valence-electron chi connectivity index (χ1n) is 10.1. The Morgan fingerprint density at radius 2 is 1.81 bits per heavy atom. The van der Waals surface area contributed by atoms with E-state index < -0.39 is 5.91 Å². The highest BCUT2D eigenvalue weighted by atomic mass is 35.5. The maximum absolute atomic E-state index is 12.6. The number of carbonyl (C=O) groups excluding carboxylic acids is 2. The van der Waals surface area contributed by atoms with Crippen LogP contribution in [0, 0.1) is 0 Å². The van der Waals surface area contributed by atoms with Crippen LogP contribution in [0.15, 0.2) is 36.4 Å². The lowest BCUT2D eigenvalue weighted by Gasteiger charge is -2.37. The van der Waals surface area contributed by atoms with Gasteiger partial charge in [0, 0.05) is 38.2 Å². The predicted molar refractivity (Wildman–Crippen MR) is 132 cm³/mol. The van der Waals surface area contributed by atoms with E-state index in [0.29, 0.717) is 59.6 Å². The minimum atomic E-state index is -0.401. The molecule has 7 nitrogen and oxygen atoms in total. The second-order valence-electron chi connectivity index (χ2n) is 7.11. The second kappa shape index (κ2) is 10.8. The smallest absolute Gasteiger partial charge is 0.257 e. The van der Waals surface area contributed by atoms with E-state index in [4.69, 9.17) is 40.2 Å². The largest absolute Gasteiger partial charge is 0.495 e. The molecule has 1 aliphatic rings. The molecular weight excluding hydrogens is 471 g/mol. The molecule has 0 aromatic heterocycles. The Labute approximate surface area is 202 Å². The Hall–Kier alpha value is -2.55. The van der Waals surface area contributed by atoms with Crippen molar-refractivity contribution in [1.82, 2.24) is 10.2 Å². The van der Waals surface area contributed by atoms with E-state index in [-0.39, 0.29) is 11.0 Å². The second-order valence-corrected chi connectivity index (χ2v) is 8.34. The van der Waals surface area contributed by atoms with E-state index in [1.165, 1.54) is 13.2 Å². The molecule has 0 aliphatic carbocycles. The van der Waals surface area contributed by atoms with Crippen molar-refractivity contribution < 1.29 is 14.3 Å². The summed E-state index contributed by atoms with van der Waals surface area (Å²) in [5, 5.41) is 6.74. The molecule has 32 heavy (non-hydrogen) atoms. The average Bonchev–Trinajstić information content (AvgIpc) is 2.78. The number of nitrogens with one attached hydrogen (secondary N) is 2. The first-order chi connectivity index (χ1) is 15.3. The van der Waals surface area contributed by atoms with Gasteiger partial charge in [-0.1, -0.05) is 36.2 Å². The van der Waals surface area contributed by atoms with Crippen LogP contribution in [0.3, 0.4) is 0 Å². The van der Waals surface area contributed by atoms with Crippen LogP contribution < -0.4 is 20.3 Å². The number of hydrogen-bond acceptors (Lipinski definition) is 5. The predicted octanol–water partition coefficient (Wildman–Crippen LogP) is 4.19. The van der Waals surface area contributed by atoms with Gasteiger partial charge < -0.3 is 19.9 Å². The number of anilines is 2. The maximum Gasteiger partial charge on any atom is 0.257 e. The van der Waals surface area contributed by atoms with Gasteiger partial charge in [-0.05, 0) is 42.5 Å². The first-order valence-corrected chi connectivity index (χ1v) is 11.3. The fraction of sp³-hybridized carbons (Fsp3) is 0.318. The van der Waals surface area contributed by atoms with E-state index >= 15 is 0 Å². The molecule has 1 aliphatic heterocycles. The van der Waals surface area contributed by atoms with Gasteiger partial charge in [0.2, 0.25) is 5.91 Å². The van der Waals surface area contributed by atoms with Gasteiger partial charge in [0.1, 0.15) is 5.75 Å². The molecule has 170 valence electrons. The Morgan fingerprint density at radius 1 is 1.09 bits per heavy atom. The van der Waals surface area contributed by atoms with Crippen molar-refractivity contribution in [3.05, 3.63) is 52.0 Å². The molecule has 2 N–H and O–H groups in total. The zero-order valence-electron chi connectivity index (χ0n) is 17.8. The SMILES string of the molecule is CCC(=O)N1CCN(c2c(Cl)cccc2NC(=S)NC(=O)c2ccc(OC)c(Cl)c2)CC1. The minimum absolute atomic E-state index is 0.130. The lowest BCUT2D eigenvalue weighted by atomic mass is 10.2. The van der Waals surface area contributed by atoms with E-state index in [0.717, 1.165) is 5.69 Å². The number of hydrogen-bond donors (Lipinski definition) is 2. The number of thiocarbonyl (C=S) groups is 1. The van der Waals surface area contributed by atoms with Gasteiger partial charge in [-0.3, -0.25) is 14.9 Å². The molecule has 1 saturated heterocycles. The zero-order valence-corrected chi connectivity index (χ0v) is 20.1. The highest BCUT2D eigenvalue weighted by Crippen LogP contribution is 2.34. The van der Waals surface area contributed by atoms with Crippen molar-refractivity contribution in [2.45, 2.75) is 13.3 Å². The maximum atomic E-state index is 12.6. The first kappa shape index (κ1) is 24.1. The Balaban J connectivity index is 1.69. The van der Waals surface area contributed by atoms with E-state index in [9.17, 15) is 9.59 Å². The molecule has 2 aromatic carbocycles. The molecule has 0 radical (unpaired) electrons. The summed E-state index contributed by atoms with van der Waals surface area (Å²) in [6.45, 7) is 4.40. The normalized spacial score (nSPS) is 13.5. The van der Waals surface area contributed by atoms with Gasteiger partial charge in [0.05, 0.1) is 28.5 Å². The van der Waals surface area contributed by atoms with Gasteiger partial charge in [0.15, 0.2) is 5.11 Å². The summed E-state index contributed by atoms with van der Waals surface area (Å²) in [7, 11) is 1.50. The summed E-state index contributed by atoms with van der Waals surface area (Å²) in [6.07, 6.45) is 0.492. The molecule has 1 fully saturated rings. The number of carbonyl (C=O) groups is 2. The van der Waals surface area contributed by atoms with Crippen LogP contribution in [0.4, 0.5) is 11.4 Å². The third-order valence-electron chi connectivity index (χ3n) is 5.13. The number of nitrogens with zero attached hydrogens (tertiary/aromatic N) is 2. The van der Waals surface area contributed by atoms with Crippen LogP contribution in [0.1, 0.15) is 23.7 Å². The number of methoxy groups -OCH3 is 1. The molecule has 3 rings (SSSR count). The van der Waals surface area contributed by atoms with Gasteiger partial charge in [0.25, 0.3) is 5.91 Å². The molecule has 0 bridgehead atoms. The van der Waals surface area contributed by atoms with Gasteiger partial charge in [-0.2, -0.15) is 0 Å². The highest BCUT2D eigenvalue weighted by Gasteiger charge is 2.24. The summed E-state index contributed by atoms with van der Waals surface area (Å²) in [6, 6.07) is 10.2. The van der Waals surface area contributed by atoms with E-state index in [1.807, 2.05) is 17.9 Å². The minimum Gasteiger partial charge on any atom is -0.495 e. The van der Waals surface area contributed by atoms with Gasteiger partial charge in [-0.15, -0.1) is 0 Å². The zero-order chi connectivity index (χ0) is 23.3. The van der Waals surface area contributed by atoms with E-state index in [2.05, 4.69) is 15.5 Å². The average molecular weight is 495 g/mol. The molecule has 2 amide bonds. The highest BCUT2D eigenvalue weighted by molar-refractivity contribution is 7.80. The number of amides is 2. The van der Waals surface area contributed by atoms with Crippen molar-refractivity contribution >= 4 is 63.7 Å². The number of halogens is 2. The number of piperazine rings is 1. The van der Waals surface area contributed by atoms with E-state index in [1.54, 1.807) is 24.3 Å². The summed E-state index contributed by atoms with van der Waals surface area (Å²) in [5.74, 6) is 0.222. The van der Waals surface area contributed by atoms with Crippen LogP contribution in [0.2, 0.25) is 10.0 Å². The van der Waals surface area contributed by atoms with Crippen molar-refractivity contribution in [2.75, 3.05) is 43.5 Å². The Bertz CT molecular complexity index is 1030. The van der Waals surface area contributed by atoms with Crippen LogP contribution >= 0.6 is 35.4 Å². The van der Waals surface area contributed by atoms with Crippen LogP contribution in [0.25, 0.3) is 0 Å². The number of para-hydroxylation sites is 1. The summed E-state index contributed by atoms with van der Waals surface area (Å²) < 4.78 is 5.11. The molecule has 2 aromatic rings. The lowest BCUT2D eigenvalue weighted by molar-refractivity contribution is -0.131. The van der Waals surface area contributed by atoms with Crippen molar-refractivity contribution in [2.24, 2.45) is 0 Å². The molecule has 0 saturated carbocycles. The van der Waals surface area contributed by atoms with Crippen molar-refractivity contribution in [1.29, 1.82) is 0 Å². The van der Waals surface area contributed by atoms with Gasteiger partial charge in [-0.25, -0.2) is 0 Å². The quantitative estimate of drug-likeness (QED) is 0.607. The number of rotatable bonds is 5.